The molecule has 0 aliphatic heterocycles. The summed E-state index contributed by atoms with van der Waals surface area (Å²) in [5.41, 5.74) is 0.961. The molecule has 20 heavy (non-hydrogen) atoms. The molecule has 3 N–H and O–H groups in total. The molecule has 0 radical (unpaired) electrons. The van der Waals surface area contributed by atoms with Crippen LogP contribution in [0, 0.1) is 11.8 Å². The fourth-order valence-electron chi connectivity index (χ4n) is 1.41. The molecule has 0 saturated carbocycles. The summed E-state index contributed by atoms with van der Waals surface area (Å²) in [5, 5.41) is 14.2. The van der Waals surface area contributed by atoms with E-state index in [1.807, 2.05) is 0 Å². The minimum atomic E-state index is -0.279. The first-order chi connectivity index (χ1) is 9.54. The molecule has 1 aromatic carbocycles. The Morgan fingerprint density at radius 2 is 2.00 bits per heavy atom. The highest BCUT2D eigenvalue weighted by atomic mass is 35.5. The van der Waals surface area contributed by atoms with Crippen LogP contribution in [0.3, 0.4) is 0 Å². The summed E-state index contributed by atoms with van der Waals surface area (Å²) in [5.74, 6) is 4.75. The Morgan fingerprint density at radius 1 is 1.30 bits per heavy atom. The fraction of sp³-hybridized carbons (Fsp3) is 0.286. The van der Waals surface area contributed by atoms with Crippen LogP contribution in [0.5, 0.6) is 0 Å². The molecule has 5 nitrogen and oxygen atoms in total. The molecule has 0 heterocycles. The standard InChI is InChI=1S/C14H15ClN2O3/c1-10(19)16-6-7-17-14(20)12-5-4-11(3-2-8-18)13(15)9-12/h4-5,9,18H,6-8H2,1H3,(H,16,19)(H,17,20). The number of rotatable bonds is 4. The average Bonchev–Trinajstić information content (AvgIpc) is 2.41. The highest BCUT2D eigenvalue weighted by molar-refractivity contribution is 6.32. The van der Waals surface area contributed by atoms with Gasteiger partial charge in [0, 0.05) is 31.1 Å². The molecule has 2 amide bonds. The summed E-state index contributed by atoms with van der Waals surface area (Å²) in [6, 6.07) is 4.73. The lowest BCUT2D eigenvalue weighted by Crippen LogP contribution is -2.33. The average molecular weight is 295 g/mol. The van der Waals surface area contributed by atoms with E-state index in [1.165, 1.54) is 13.0 Å². The van der Waals surface area contributed by atoms with Crippen LogP contribution in [-0.2, 0) is 4.79 Å². The van der Waals surface area contributed by atoms with Crippen LogP contribution in [-0.4, -0.2) is 36.6 Å². The van der Waals surface area contributed by atoms with E-state index in [2.05, 4.69) is 22.5 Å². The third-order valence-electron chi connectivity index (χ3n) is 2.32. The third-order valence-corrected chi connectivity index (χ3v) is 2.63. The molecule has 0 unspecified atom stereocenters. The smallest absolute Gasteiger partial charge is 0.251 e. The molecular weight excluding hydrogens is 280 g/mol. The van der Waals surface area contributed by atoms with Crippen molar-refractivity contribution in [2.75, 3.05) is 19.7 Å². The summed E-state index contributed by atoms with van der Waals surface area (Å²) >= 11 is 5.99. The normalized spacial score (nSPS) is 9.35. The van der Waals surface area contributed by atoms with E-state index in [0.29, 0.717) is 29.2 Å². The number of carbonyl (C=O) groups excluding carboxylic acids is 2. The highest BCUT2D eigenvalue weighted by Crippen LogP contribution is 2.16. The Hall–Kier alpha value is -2.03. The molecule has 1 rings (SSSR count). The maximum atomic E-state index is 11.8. The first kappa shape index (κ1) is 16.0. The first-order valence-corrected chi connectivity index (χ1v) is 6.34. The lowest BCUT2D eigenvalue weighted by Gasteiger charge is -2.06. The van der Waals surface area contributed by atoms with E-state index in [1.54, 1.807) is 12.1 Å². The van der Waals surface area contributed by atoms with Crippen LogP contribution in [0.4, 0.5) is 0 Å². The van der Waals surface area contributed by atoms with Crippen molar-refractivity contribution in [3.8, 4) is 11.8 Å². The predicted octanol–water partition coefficient (Wildman–Crippen LogP) is 0.550. The van der Waals surface area contributed by atoms with Gasteiger partial charge in [0.1, 0.15) is 6.61 Å². The van der Waals surface area contributed by atoms with Gasteiger partial charge >= 0.3 is 0 Å². The quantitative estimate of drug-likeness (QED) is 0.560. The summed E-state index contributed by atoms with van der Waals surface area (Å²) in [4.78, 5) is 22.5. The zero-order valence-corrected chi connectivity index (χ0v) is 11.8. The highest BCUT2D eigenvalue weighted by Gasteiger charge is 2.07. The lowest BCUT2D eigenvalue weighted by atomic mass is 10.1. The van der Waals surface area contributed by atoms with Gasteiger partial charge in [0.15, 0.2) is 0 Å². The molecule has 1 aromatic rings. The Balaban J connectivity index is 2.61. The number of hydrogen-bond acceptors (Lipinski definition) is 3. The van der Waals surface area contributed by atoms with Crippen LogP contribution in [0.25, 0.3) is 0 Å². The number of nitrogens with one attached hydrogen (secondary N) is 2. The zero-order valence-electron chi connectivity index (χ0n) is 11.0. The monoisotopic (exact) mass is 294 g/mol. The number of aliphatic hydroxyl groups is 1. The summed E-state index contributed by atoms with van der Waals surface area (Å²) in [6.45, 7) is 1.87. The molecule has 106 valence electrons. The Kier molecular flexibility index (Phi) is 6.57. The maximum Gasteiger partial charge on any atom is 0.251 e. The first-order valence-electron chi connectivity index (χ1n) is 5.96. The van der Waals surface area contributed by atoms with Crippen molar-refractivity contribution in [1.29, 1.82) is 0 Å². The van der Waals surface area contributed by atoms with E-state index in [4.69, 9.17) is 16.7 Å². The van der Waals surface area contributed by atoms with Crippen LogP contribution < -0.4 is 10.6 Å². The van der Waals surface area contributed by atoms with Crippen LogP contribution >= 0.6 is 11.6 Å². The van der Waals surface area contributed by atoms with Crippen LogP contribution in [0.1, 0.15) is 22.8 Å². The van der Waals surface area contributed by atoms with Crippen molar-refractivity contribution in [3.63, 3.8) is 0 Å². The molecule has 6 heteroatoms. The van der Waals surface area contributed by atoms with Crippen LogP contribution in [0.2, 0.25) is 5.02 Å². The number of hydrogen-bond donors (Lipinski definition) is 3. The van der Waals surface area contributed by atoms with Crippen molar-refractivity contribution < 1.29 is 14.7 Å². The van der Waals surface area contributed by atoms with Crippen molar-refractivity contribution >= 4 is 23.4 Å². The maximum absolute atomic E-state index is 11.8. The largest absolute Gasteiger partial charge is 0.384 e. The minimum Gasteiger partial charge on any atom is -0.384 e. The molecule has 0 atom stereocenters. The van der Waals surface area contributed by atoms with Gasteiger partial charge in [0.05, 0.1) is 5.02 Å². The number of aliphatic hydroxyl groups excluding tert-OH is 1. The third kappa shape index (κ3) is 5.31. The van der Waals surface area contributed by atoms with Crippen molar-refractivity contribution in [1.82, 2.24) is 10.6 Å². The molecule has 0 aromatic heterocycles. The topological polar surface area (TPSA) is 78.4 Å². The van der Waals surface area contributed by atoms with Gasteiger partial charge in [0.25, 0.3) is 5.91 Å². The van der Waals surface area contributed by atoms with E-state index >= 15 is 0 Å². The predicted molar refractivity (Wildman–Crippen MR) is 76.4 cm³/mol. The van der Waals surface area contributed by atoms with E-state index in [-0.39, 0.29) is 18.4 Å². The molecule has 0 aliphatic carbocycles. The summed E-state index contributed by atoms with van der Waals surface area (Å²) < 4.78 is 0. The van der Waals surface area contributed by atoms with Gasteiger partial charge in [-0.05, 0) is 18.2 Å². The molecule has 0 spiro atoms. The second-order valence-electron chi connectivity index (χ2n) is 3.89. The van der Waals surface area contributed by atoms with Gasteiger partial charge in [-0.3, -0.25) is 9.59 Å². The van der Waals surface area contributed by atoms with Crippen molar-refractivity contribution in [2.24, 2.45) is 0 Å². The molecule has 0 aliphatic rings. The van der Waals surface area contributed by atoms with Crippen molar-refractivity contribution in [3.05, 3.63) is 34.3 Å². The second-order valence-corrected chi connectivity index (χ2v) is 4.30. The molecule has 0 saturated heterocycles. The van der Waals surface area contributed by atoms with Gasteiger partial charge in [-0.2, -0.15) is 0 Å². The second kappa shape index (κ2) is 8.20. The van der Waals surface area contributed by atoms with Gasteiger partial charge < -0.3 is 15.7 Å². The van der Waals surface area contributed by atoms with Gasteiger partial charge in [-0.1, -0.05) is 23.4 Å². The van der Waals surface area contributed by atoms with Crippen molar-refractivity contribution in [2.45, 2.75) is 6.92 Å². The van der Waals surface area contributed by atoms with Crippen LogP contribution in [0.15, 0.2) is 18.2 Å². The van der Waals surface area contributed by atoms with E-state index < -0.39 is 0 Å². The van der Waals surface area contributed by atoms with Gasteiger partial charge in [-0.15, -0.1) is 0 Å². The van der Waals surface area contributed by atoms with E-state index in [0.717, 1.165) is 0 Å². The summed E-state index contributed by atoms with van der Waals surface area (Å²) in [6.07, 6.45) is 0. The molecule has 0 bridgehead atoms. The Labute approximate surface area is 122 Å². The minimum absolute atomic E-state index is 0.144. The fourth-order valence-corrected chi connectivity index (χ4v) is 1.64. The molecule has 0 fully saturated rings. The Bertz CT molecular complexity index is 561. The van der Waals surface area contributed by atoms with Gasteiger partial charge in [-0.25, -0.2) is 0 Å². The summed E-state index contributed by atoms with van der Waals surface area (Å²) in [7, 11) is 0. The lowest BCUT2D eigenvalue weighted by molar-refractivity contribution is -0.118. The SMILES string of the molecule is CC(=O)NCCNC(=O)c1ccc(C#CCO)c(Cl)c1. The number of carbonyl (C=O) groups is 2. The number of halogens is 1. The molecular formula is C14H15ClN2O3. The Morgan fingerprint density at radius 3 is 2.60 bits per heavy atom. The van der Waals surface area contributed by atoms with Gasteiger partial charge in [0.2, 0.25) is 5.91 Å². The zero-order chi connectivity index (χ0) is 15.0. The number of amides is 2. The van der Waals surface area contributed by atoms with E-state index in [9.17, 15) is 9.59 Å². The number of benzene rings is 1.